The van der Waals surface area contributed by atoms with Gasteiger partial charge in [0, 0.05) is 19.0 Å². The van der Waals surface area contributed by atoms with Gasteiger partial charge in [-0.15, -0.1) is 0 Å². The summed E-state index contributed by atoms with van der Waals surface area (Å²) in [7, 11) is 0. The Morgan fingerprint density at radius 3 is 2.57 bits per heavy atom. The maximum atomic E-state index is 12.8. The molecule has 1 fully saturated rings. The highest BCUT2D eigenvalue weighted by atomic mass is 19.1. The second kappa shape index (κ2) is 6.70. The van der Waals surface area contributed by atoms with Gasteiger partial charge in [0.2, 0.25) is 5.91 Å². The van der Waals surface area contributed by atoms with Gasteiger partial charge >= 0.3 is 5.97 Å². The van der Waals surface area contributed by atoms with Crippen LogP contribution in [0.5, 0.6) is 0 Å². The van der Waals surface area contributed by atoms with E-state index in [1.807, 2.05) is 6.92 Å². The number of carboxylic acids is 1. The normalized spacial score (nSPS) is 22.1. The number of benzene rings is 1. The van der Waals surface area contributed by atoms with Crippen molar-refractivity contribution in [3.05, 3.63) is 35.6 Å². The van der Waals surface area contributed by atoms with Crippen LogP contribution in [0, 0.1) is 11.7 Å². The van der Waals surface area contributed by atoms with Gasteiger partial charge in [-0.05, 0) is 43.9 Å². The fraction of sp³-hybridized carbons (Fsp3) is 0.500. The number of rotatable bonds is 4. The molecule has 1 heterocycles. The van der Waals surface area contributed by atoms with Gasteiger partial charge in [0.05, 0.1) is 5.92 Å². The van der Waals surface area contributed by atoms with E-state index in [0.29, 0.717) is 32.2 Å². The van der Waals surface area contributed by atoms with Crippen molar-refractivity contribution in [1.82, 2.24) is 4.90 Å². The number of hydrogen-bond donors (Lipinski definition) is 1. The van der Waals surface area contributed by atoms with E-state index in [0.717, 1.165) is 5.56 Å². The number of halogens is 1. The van der Waals surface area contributed by atoms with Crippen LogP contribution in [-0.2, 0) is 16.0 Å². The molecule has 1 aliphatic heterocycles. The summed E-state index contributed by atoms with van der Waals surface area (Å²) in [6, 6.07) is 6.10. The van der Waals surface area contributed by atoms with Crippen molar-refractivity contribution in [3.8, 4) is 0 Å². The zero-order valence-corrected chi connectivity index (χ0v) is 12.1. The molecular weight excluding hydrogens is 273 g/mol. The number of carbonyl (C=O) groups is 2. The van der Waals surface area contributed by atoms with Gasteiger partial charge in [-0.2, -0.15) is 0 Å². The third-order valence-electron chi connectivity index (χ3n) is 4.09. The molecule has 1 saturated heterocycles. The summed E-state index contributed by atoms with van der Waals surface area (Å²) in [4.78, 5) is 25.0. The molecule has 0 aliphatic carbocycles. The third kappa shape index (κ3) is 4.03. The van der Waals surface area contributed by atoms with Crippen molar-refractivity contribution in [3.63, 3.8) is 0 Å². The van der Waals surface area contributed by atoms with Crippen molar-refractivity contribution < 1.29 is 19.1 Å². The van der Waals surface area contributed by atoms with Gasteiger partial charge < -0.3 is 10.0 Å². The van der Waals surface area contributed by atoms with Crippen LogP contribution >= 0.6 is 0 Å². The molecule has 21 heavy (non-hydrogen) atoms. The van der Waals surface area contributed by atoms with Crippen molar-refractivity contribution in [2.45, 2.75) is 38.6 Å². The highest BCUT2D eigenvalue weighted by molar-refractivity contribution is 5.77. The van der Waals surface area contributed by atoms with Gasteiger partial charge in [-0.25, -0.2) is 4.39 Å². The molecule has 0 radical (unpaired) electrons. The lowest BCUT2D eigenvalue weighted by Gasteiger charge is -2.36. The predicted molar refractivity (Wildman–Crippen MR) is 76.3 cm³/mol. The highest BCUT2D eigenvalue weighted by Crippen LogP contribution is 2.23. The zero-order chi connectivity index (χ0) is 15.4. The summed E-state index contributed by atoms with van der Waals surface area (Å²) in [5, 5.41) is 9.02. The summed E-state index contributed by atoms with van der Waals surface area (Å²) in [5.41, 5.74) is 0.929. The minimum absolute atomic E-state index is 0.0377. The molecule has 5 heteroatoms. The Morgan fingerprint density at radius 1 is 1.33 bits per heavy atom. The number of hydrogen-bond acceptors (Lipinski definition) is 2. The topological polar surface area (TPSA) is 57.6 Å². The number of carboxylic acid groups (broad SMARTS) is 1. The number of amides is 1. The van der Waals surface area contributed by atoms with E-state index >= 15 is 0 Å². The molecule has 2 rings (SSSR count). The van der Waals surface area contributed by atoms with Crippen LogP contribution in [0.4, 0.5) is 4.39 Å². The number of piperidine rings is 1. The Hall–Kier alpha value is -1.91. The Kier molecular flexibility index (Phi) is 4.94. The lowest BCUT2D eigenvalue weighted by atomic mass is 9.91. The van der Waals surface area contributed by atoms with Crippen molar-refractivity contribution in [1.29, 1.82) is 0 Å². The molecule has 4 nitrogen and oxygen atoms in total. The maximum absolute atomic E-state index is 12.8. The summed E-state index contributed by atoms with van der Waals surface area (Å²) >= 11 is 0. The number of aliphatic carboxylic acids is 1. The smallest absolute Gasteiger partial charge is 0.306 e. The van der Waals surface area contributed by atoms with Crippen LogP contribution in [-0.4, -0.2) is 34.5 Å². The number of carbonyl (C=O) groups excluding carboxylic acids is 1. The fourth-order valence-corrected chi connectivity index (χ4v) is 2.81. The molecule has 1 aromatic carbocycles. The molecule has 0 bridgehead atoms. The molecule has 1 amide bonds. The third-order valence-corrected chi connectivity index (χ3v) is 4.09. The molecular formula is C16H20FNO3. The van der Waals surface area contributed by atoms with Crippen molar-refractivity contribution in [2.75, 3.05) is 6.54 Å². The second-order valence-electron chi connectivity index (χ2n) is 5.62. The van der Waals surface area contributed by atoms with Crippen molar-refractivity contribution >= 4 is 11.9 Å². The Morgan fingerprint density at radius 2 is 2.00 bits per heavy atom. The average molecular weight is 293 g/mol. The van der Waals surface area contributed by atoms with Crippen LogP contribution in [0.2, 0.25) is 0 Å². The molecule has 0 spiro atoms. The van der Waals surface area contributed by atoms with Crippen molar-refractivity contribution in [2.24, 2.45) is 5.92 Å². The maximum Gasteiger partial charge on any atom is 0.306 e. The molecule has 1 aliphatic rings. The van der Waals surface area contributed by atoms with Gasteiger partial charge in [0.15, 0.2) is 0 Å². The molecule has 2 unspecified atom stereocenters. The monoisotopic (exact) mass is 293 g/mol. The molecule has 114 valence electrons. The summed E-state index contributed by atoms with van der Waals surface area (Å²) in [6.07, 6.45) is 1.97. The number of aryl methyl sites for hydroxylation is 1. The van der Waals surface area contributed by atoms with Gasteiger partial charge in [-0.3, -0.25) is 9.59 Å². The molecule has 0 aromatic heterocycles. The van der Waals surface area contributed by atoms with Crippen LogP contribution in [0.1, 0.15) is 31.7 Å². The summed E-state index contributed by atoms with van der Waals surface area (Å²) < 4.78 is 12.8. The molecule has 2 atom stereocenters. The van der Waals surface area contributed by atoms with Gasteiger partial charge in [-0.1, -0.05) is 12.1 Å². The minimum atomic E-state index is -0.778. The minimum Gasteiger partial charge on any atom is -0.481 e. The first-order valence-corrected chi connectivity index (χ1v) is 7.24. The van der Waals surface area contributed by atoms with E-state index in [4.69, 9.17) is 5.11 Å². The molecule has 1 aromatic rings. The molecule has 1 N–H and O–H groups in total. The van der Waals surface area contributed by atoms with Crippen LogP contribution in [0.25, 0.3) is 0 Å². The Labute approximate surface area is 123 Å². The summed E-state index contributed by atoms with van der Waals surface area (Å²) in [6.45, 7) is 2.39. The standard InChI is InChI=1S/C16H20FNO3/c1-11-10-13(16(20)21)8-9-18(11)15(19)7-4-12-2-5-14(17)6-3-12/h2-3,5-6,11,13H,4,7-10H2,1H3,(H,20,21). The second-order valence-corrected chi connectivity index (χ2v) is 5.62. The zero-order valence-electron chi connectivity index (χ0n) is 12.1. The number of nitrogens with zero attached hydrogens (tertiary/aromatic N) is 1. The largest absolute Gasteiger partial charge is 0.481 e. The lowest BCUT2D eigenvalue weighted by molar-refractivity contribution is -0.147. The molecule has 0 saturated carbocycles. The first-order chi connectivity index (χ1) is 9.97. The Bertz CT molecular complexity index is 515. The first kappa shape index (κ1) is 15.5. The van der Waals surface area contributed by atoms with Gasteiger partial charge in [0.1, 0.15) is 5.82 Å². The fourth-order valence-electron chi connectivity index (χ4n) is 2.81. The first-order valence-electron chi connectivity index (χ1n) is 7.24. The Balaban J connectivity index is 1.86. The van der Waals surface area contributed by atoms with E-state index in [9.17, 15) is 14.0 Å². The van der Waals surface area contributed by atoms with Crippen LogP contribution in [0.3, 0.4) is 0 Å². The van der Waals surface area contributed by atoms with E-state index in [-0.39, 0.29) is 23.7 Å². The predicted octanol–water partition coefficient (Wildman–Crippen LogP) is 2.47. The summed E-state index contributed by atoms with van der Waals surface area (Å²) in [5.74, 6) is -1.37. The van der Waals surface area contributed by atoms with E-state index in [1.54, 1.807) is 17.0 Å². The lowest BCUT2D eigenvalue weighted by Crippen LogP contribution is -2.46. The van der Waals surface area contributed by atoms with E-state index in [1.165, 1.54) is 12.1 Å². The highest BCUT2D eigenvalue weighted by Gasteiger charge is 2.31. The van der Waals surface area contributed by atoms with E-state index < -0.39 is 5.97 Å². The van der Waals surface area contributed by atoms with Crippen LogP contribution in [0.15, 0.2) is 24.3 Å². The number of likely N-dealkylation sites (tertiary alicyclic amines) is 1. The average Bonchev–Trinajstić information content (AvgIpc) is 2.46. The van der Waals surface area contributed by atoms with Gasteiger partial charge in [0.25, 0.3) is 0 Å². The van der Waals surface area contributed by atoms with Crippen LogP contribution < -0.4 is 0 Å². The SMILES string of the molecule is CC1CC(C(=O)O)CCN1C(=O)CCc1ccc(F)cc1. The van der Waals surface area contributed by atoms with E-state index in [2.05, 4.69) is 0 Å². The quantitative estimate of drug-likeness (QED) is 0.927.